The van der Waals surface area contributed by atoms with Crippen LogP contribution in [0, 0.1) is 46.3 Å². The first-order valence-corrected chi connectivity index (χ1v) is 14.9. The van der Waals surface area contributed by atoms with E-state index >= 15 is 0 Å². The number of hydrogen-bond acceptors (Lipinski definition) is 2. The molecule has 9 atom stereocenters. The minimum atomic E-state index is -0.0878. The third-order valence-corrected chi connectivity index (χ3v) is 11.1. The molecular formula is C29H49BrO2. The van der Waals surface area contributed by atoms with Crippen LogP contribution in [0.15, 0.2) is 11.6 Å². The van der Waals surface area contributed by atoms with Gasteiger partial charge in [0.05, 0.1) is 12.7 Å². The van der Waals surface area contributed by atoms with Gasteiger partial charge in [-0.3, -0.25) is 0 Å². The molecule has 0 heterocycles. The predicted molar refractivity (Wildman–Crippen MR) is 138 cm³/mol. The average Bonchev–Trinajstić information content (AvgIpc) is 3.11. The lowest BCUT2D eigenvalue weighted by Gasteiger charge is -2.58. The minimum absolute atomic E-state index is 0.0878. The molecule has 0 bridgehead atoms. The fourth-order valence-electron chi connectivity index (χ4n) is 9.03. The monoisotopic (exact) mass is 508 g/mol. The zero-order chi connectivity index (χ0) is 22.9. The molecule has 2 nitrogen and oxygen atoms in total. The van der Waals surface area contributed by atoms with Gasteiger partial charge in [0.2, 0.25) is 0 Å². The van der Waals surface area contributed by atoms with Gasteiger partial charge in [0, 0.05) is 11.9 Å². The van der Waals surface area contributed by atoms with Gasteiger partial charge in [-0.05, 0) is 104 Å². The Morgan fingerprint density at radius 3 is 2.69 bits per heavy atom. The highest BCUT2D eigenvalue weighted by molar-refractivity contribution is 9.09. The molecule has 4 aliphatic rings. The van der Waals surface area contributed by atoms with E-state index in [1.54, 1.807) is 5.57 Å². The Balaban J connectivity index is 1.35. The Bertz CT molecular complexity index is 662. The molecule has 0 radical (unpaired) electrons. The van der Waals surface area contributed by atoms with E-state index in [-0.39, 0.29) is 6.10 Å². The molecule has 0 aliphatic heterocycles. The third-order valence-electron chi connectivity index (χ3n) is 10.8. The van der Waals surface area contributed by atoms with Gasteiger partial charge < -0.3 is 9.84 Å². The Hall–Kier alpha value is 0.140. The van der Waals surface area contributed by atoms with E-state index in [1.165, 1.54) is 57.8 Å². The van der Waals surface area contributed by atoms with Gasteiger partial charge in [0.1, 0.15) is 0 Å². The number of fused-ring (bicyclic) bond motifs is 5. The van der Waals surface area contributed by atoms with E-state index < -0.39 is 0 Å². The summed E-state index contributed by atoms with van der Waals surface area (Å²) >= 11 is 3.45. The van der Waals surface area contributed by atoms with Gasteiger partial charge in [-0.25, -0.2) is 0 Å². The van der Waals surface area contributed by atoms with Gasteiger partial charge in [0.25, 0.3) is 0 Å². The standard InChI is InChI=1S/C29H49BrO2/c1-20(19-32-17-16-30)6-5-7-21(2)25-10-11-26-24-9-8-22-18-23(31)12-14-28(22,3)27(24)13-15-29(25,26)4/h8,20-21,23-27,31H,5-7,9-19H2,1-4H3/t20?,21-,23+,24+,25-,26+,27+,28+,29-/m1/s1. The number of hydrogen-bond donors (Lipinski definition) is 1. The first kappa shape index (κ1) is 25.2. The molecule has 0 aromatic carbocycles. The van der Waals surface area contributed by atoms with E-state index in [4.69, 9.17) is 4.74 Å². The molecule has 4 aliphatic carbocycles. The quantitative estimate of drug-likeness (QED) is 0.195. The normalized spacial score (nSPS) is 43.1. The van der Waals surface area contributed by atoms with Crippen molar-refractivity contribution in [3.05, 3.63) is 11.6 Å². The molecule has 3 heteroatoms. The van der Waals surface area contributed by atoms with E-state index in [0.717, 1.165) is 61.0 Å². The van der Waals surface area contributed by atoms with Crippen molar-refractivity contribution in [2.75, 3.05) is 18.5 Å². The lowest BCUT2D eigenvalue weighted by molar-refractivity contribution is -0.0573. The maximum atomic E-state index is 10.3. The van der Waals surface area contributed by atoms with Crippen LogP contribution in [0.4, 0.5) is 0 Å². The maximum Gasteiger partial charge on any atom is 0.0577 e. The van der Waals surface area contributed by atoms with Crippen molar-refractivity contribution in [3.8, 4) is 0 Å². The van der Waals surface area contributed by atoms with Crippen molar-refractivity contribution >= 4 is 15.9 Å². The van der Waals surface area contributed by atoms with Crippen LogP contribution in [0.1, 0.15) is 98.3 Å². The zero-order valence-corrected chi connectivity index (χ0v) is 22.8. The van der Waals surface area contributed by atoms with Crippen molar-refractivity contribution in [2.24, 2.45) is 46.3 Å². The number of allylic oxidation sites excluding steroid dienone is 1. The summed E-state index contributed by atoms with van der Waals surface area (Å²) in [6, 6.07) is 0. The summed E-state index contributed by atoms with van der Waals surface area (Å²) in [5.41, 5.74) is 2.54. The number of halogens is 1. The number of aliphatic hydroxyl groups is 1. The second-order valence-corrected chi connectivity index (χ2v) is 13.5. The summed E-state index contributed by atoms with van der Waals surface area (Å²) in [4.78, 5) is 0. The number of alkyl halides is 1. The molecular weight excluding hydrogens is 460 g/mol. The fraction of sp³-hybridized carbons (Fsp3) is 0.931. The van der Waals surface area contributed by atoms with E-state index in [2.05, 4.69) is 49.7 Å². The Morgan fingerprint density at radius 2 is 1.91 bits per heavy atom. The smallest absolute Gasteiger partial charge is 0.0577 e. The number of ether oxygens (including phenoxy) is 1. The highest BCUT2D eigenvalue weighted by Crippen LogP contribution is 2.67. The summed E-state index contributed by atoms with van der Waals surface area (Å²) in [6.07, 6.45) is 16.8. The van der Waals surface area contributed by atoms with E-state index in [1.807, 2.05) is 0 Å². The maximum absolute atomic E-state index is 10.3. The van der Waals surface area contributed by atoms with Gasteiger partial charge in [0.15, 0.2) is 0 Å². The first-order valence-electron chi connectivity index (χ1n) is 13.8. The summed E-state index contributed by atoms with van der Waals surface area (Å²) in [7, 11) is 0. The summed E-state index contributed by atoms with van der Waals surface area (Å²) in [6.45, 7) is 11.9. The van der Waals surface area contributed by atoms with Crippen LogP contribution in [0.2, 0.25) is 0 Å². The molecule has 0 saturated heterocycles. The molecule has 0 spiro atoms. The van der Waals surface area contributed by atoms with Gasteiger partial charge in [-0.1, -0.05) is 68.1 Å². The van der Waals surface area contributed by atoms with Crippen LogP contribution < -0.4 is 0 Å². The molecule has 0 aromatic rings. The Labute approximate surface area is 206 Å². The van der Waals surface area contributed by atoms with E-state index in [9.17, 15) is 5.11 Å². The summed E-state index contributed by atoms with van der Waals surface area (Å²) in [5, 5.41) is 11.2. The molecule has 0 aromatic heterocycles. The highest BCUT2D eigenvalue weighted by atomic mass is 79.9. The van der Waals surface area contributed by atoms with Crippen molar-refractivity contribution < 1.29 is 9.84 Å². The van der Waals surface area contributed by atoms with Crippen LogP contribution in [0.3, 0.4) is 0 Å². The van der Waals surface area contributed by atoms with Crippen LogP contribution in [-0.4, -0.2) is 29.8 Å². The van der Waals surface area contributed by atoms with Crippen molar-refractivity contribution in [1.82, 2.24) is 0 Å². The van der Waals surface area contributed by atoms with Crippen LogP contribution in [0.5, 0.6) is 0 Å². The SMILES string of the molecule is CC(CCC[C@@H](C)[C@H]1CC[C@H]2[C@@H]3CC=C4C[C@@H](O)CC[C@]4(C)[C@H]3CC[C@]12C)COCCBr. The van der Waals surface area contributed by atoms with Crippen LogP contribution in [-0.2, 0) is 4.74 Å². The molecule has 184 valence electrons. The molecule has 1 unspecified atom stereocenters. The second-order valence-electron chi connectivity index (χ2n) is 12.7. The molecule has 3 fully saturated rings. The Kier molecular flexibility index (Phi) is 8.21. The fourth-order valence-corrected chi connectivity index (χ4v) is 9.26. The molecule has 32 heavy (non-hydrogen) atoms. The third kappa shape index (κ3) is 4.78. The highest BCUT2D eigenvalue weighted by Gasteiger charge is 2.59. The average molecular weight is 510 g/mol. The second kappa shape index (κ2) is 10.4. The Morgan fingerprint density at radius 1 is 1.09 bits per heavy atom. The lowest BCUT2D eigenvalue weighted by Crippen LogP contribution is -2.50. The molecule has 1 N–H and O–H groups in total. The van der Waals surface area contributed by atoms with Gasteiger partial charge in [-0.2, -0.15) is 0 Å². The predicted octanol–water partition coefficient (Wildman–Crippen LogP) is 7.78. The summed E-state index contributed by atoms with van der Waals surface area (Å²) in [5.74, 6) is 5.13. The first-order chi connectivity index (χ1) is 15.3. The van der Waals surface area contributed by atoms with E-state index in [0.29, 0.717) is 16.7 Å². The van der Waals surface area contributed by atoms with Crippen molar-refractivity contribution in [2.45, 2.75) is 104 Å². The number of rotatable bonds is 9. The van der Waals surface area contributed by atoms with Crippen LogP contribution >= 0.6 is 15.9 Å². The lowest BCUT2D eigenvalue weighted by atomic mass is 9.47. The zero-order valence-electron chi connectivity index (χ0n) is 21.3. The number of aliphatic hydroxyl groups excluding tert-OH is 1. The largest absolute Gasteiger partial charge is 0.393 e. The van der Waals surface area contributed by atoms with Crippen LogP contribution in [0.25, 0.3) is 0 Å². The molecule has 0 amide bonds. The van der Waals surface area contributed by atoms with Gasteiger partial charge >= 0.3 is 0 Å². The van der Waals surface area contributed by atoms with Crippen molar-refractivity contribution in [1.29, 1.82) is 0 Å². The van der Waals surface area contributed by atoms with Gasteiger partial charge in [-0.15, -0.1) is 0 Å². The summed E-state index contributed by atoms with van der Waals surface area (Å²) < 4.78 is 5.73. The topological polar surface area (TPSA) is 29.5 Å². The molecule has 3 saturated carbocycles. The molecule has 4 rings (SSSR count). The van der Waals surface area contributed by atoms with Crippen molar-refractivity contribution in [3.63, 3.8) is 0 Å². The minimum Gasteiger partial charge on any atom is -0.393 e.